The molecule has 2 amide bonds. The SMILES string of the molecule is CO[C@@H](C)c1cccc(NC(=O)N[C@@H](CCCO)c2ccccc2)c1. The molecule has 0 fully saturated rings. The zero-order chi connectivity index (χ0) is 18.1. The van der Waals surface area contributed by atoms with Gasteiger partial charge in [0.15, 0.2) is 0 Å². The number of hydrogen-bond acceptors (Lipinski definition) is 3. The number of ether oxygens (including phenoxy) is 1. The zero-order valence-electron chi connectivity index (χ0n) is 14.7. The molecule has 0 saturated heterocycles. The molecule has 2 atom stereocenters. The fourth-order valence-electron chi connectivity index (χ4n) is 2.63. The number of nitrogens with one attached hydrogen (secondary N) is 2. The van der Waals surface area contributed by atoms with Gasteiger partial charge in [0.2, 0.25) is 0 Å². The first-order chi connectivity index (χ1) is 12.1. The lowest BCUT2D eigenvalue weighted by molar-refractivity contribution is 0.119. The van der Waals surface area contributed by atoms with Gasteiger partial charge in [-0.25, -0.2) is 4.79 Å². The Bertz CT molecular complexity index is 661. The first-order valence-corrected chi connectivity index (χ1v) is 8.50. The molecule has 5 nitrogen and oxygen atoms in total. The van der Waals surface area contributed by atoms with Crippen LogP contribution in [0.5, 0.6) is 0 Å². The number of carbonyl (C=O) groups is 1. The van der Waals surface area contributed by atoms with E-state index >= 15 is 0 Å². The summed E-state index contributed by atoms with van der Waals surface area (Å²) in [7, 11) is 1.66. The van der Waals surface area contributed by atoms with Crippen LogP contribution in [-0.2, 0) is 4.74 Å². The summed E-state index contributed by atoms with van der Waals surface area (Å²) in [5.41, 5.74) is 2.74. The van der Waals surface area contributed by atoms with E-state index in [1.807, 2.05) is 61.5 Å². The molecule has 0 saturated carbocycles. The Kier molecular flexibility index (Phi) is 7.44. The van der Waals surface area contributed by atoms with Crippen molar-refractivity contribution in [3.8, 4) is 0 Å². The van der Waals surface area contributed by atoms with E-state index < -0.39 is 0 Å². The van der Waals surface area contributed by atoms with Crippen LogP contribution in [0, 0.1) is 0 Å². The summed E-state index contributed by atoms with van der Waals surface area (Å²) < 4.78 is 5.31. The summed E-state index contributed by atoms with van der Waals surface area (Å²) in [5, 5.41) is 15.0. The van der Waals surface area contributed by atoms with E-state index in [4.69, 9.17) is 9.84 Å². The highest BCUT2D eigenvalue weighted by molar-refractivity contribution is 5.89. The highest BCUT2D eigenvalue weighted by Gasteiger charge is 2.14. The maximum atomic E-state index is 12.4. The van der Waals surface area contributed by atoms with E-state index in [1.54, 1.807) is 7.11 Å². The predicted octanol–water partition coefficient (Wildman–Crippen LogP) is 4.03. The van der Waals surface area contributed by atoms with Gasteiger partial charge in [-0.2, -0.15) is 0 Å². The fraction of sp³-hybridized carbons (Fsp3) is 0.350. The van der Waals surface area contributed by atoms with Gasteiger partial charge in [0.25, 0.3) is 0 Å². The van der Waals surface area contributed by atoms with Crippen LogP contribution in [0.3, 0.4) is 0 Å². The lowest BCUT2D eigenvalue weighted by atomic mass is 10.0. The van der Waals surface area contributed by atoms with Gasteiger partial charge in [0, 0.05) is 19.4 Å². The molecule has 0 aliphatic rings. The number of methoxy groups -OCH3 is 1. The van der Waals surface area contributed by atoms with Gasteiger partial charge in [-0.05, 0) is 43.0 Å². The molecular formula is C20H26N2O3. The standard InChI is InChI=1S/C20H26N2O3/c1-15(25-2)17-10-6-11-18(14-17)21-20(24)22-19(12-7-13-23)16-8-4-3-5-9-16/h3-6,8-11,14-15,19,23H,7,12-13H2,1-2H3,(H2,21,22,24)/t15-,19-/m0/s1. The number of urea groups is 1. The van der Waals surface area contributed by atoms with E-state index in [-0.39, 0.29) is 24.8 Å². The van der Waals surface area contributed by atoms with Crippen molar-refractivity contribution in [1.29, 1.82) is 0 Å². The summed E-state index contributed by atoms with van der Waals surface area (Å²) in [6.45, 7) is 2.06. The van der Waals surface area contributed by atoms with Gasteiger partial charge in [-0.1, -0.05) is 42.5 Å². The quantitative estimate of drug-likeness (QED) is 0.678. The molecule has 0 radical (unpaired) electrons. The lowest BCUT2D eigenvalue weighted by Gasteiger charge is -2.20. The summed E-state index contributed by atoms with van der Waals surface area (Å²) >= 11 is 0. The minimum absolute atomic E-state index is 0.0357. The molecular weight excluding hydrogens is 316 g/mol. The molecule has 0 bridgehead atoms. The number of aliphatic hydroxyl groups excluding tert-OH is 1. The second-order valence-corrected chi connectivity index (χ2v) is 5.93. The first-order valence-electron chi connectivity index (χ1n) is 8.50. The van der Waals surface area contributed by atoms with Crippen molar-refractivity contribution in [1.82, 2.24) is 5.32 Å². The van der Waals surface area contributed by atoms with Crippen LogP contribution >= 0.6 is 0 Å². The Morgan fingerprint density at radius 1 is 1.12 bits per heavy atom. The first kappa shape index (κ1) is 19.0. The van der Waals surface area contributed by atoms with E-state index in [0.29, 0.717) is 18.5 Å². The van der Waals surface area contributed by atoms with Crippen molar-refractivity contribution in [2.75, 3.05) is 19.0 Å². The van der Waals surface area contributed by atoms with E-state index in [9.17, 15) is 4.79 Å². The zero-order valence-corrected chi connectivity index (χ0v) is 14.7. The van der Waals surface area contributed by atoms with Gasteiger partial charge < -0.3 is 20.5 Å². The highest BCUT2D eigenvalue weighted by Crippen LogP contribution is 2.21. The number of carbonyl (C=O) groups excluding carboxylic acids is 1. The van der Waals surface area contributed by atoms with Crippen molar-refractivity contribution in [3.05, 3.63) is 65.7 Å². The van der Waals surface area contributed by atoms with Crippen molar-refractivity contribution < 1.29 is 14.6 Å². The number of hydrogen-bond donors (Lipinski definition) is 3. The third-order valence-corrected chi connectivity index (χ3v) is 4.13. The summed E-state index contributed by atoms with van der Waals surface area (Å²) in [5.74, 6) is 0. The molecule has 0 heterocycles. The average Bonchev–Trinajstić information content (AvgIpc) is 2.65. The third kappa shape index (κ3) is 5.89. The third-order valence-electron chi connectivity index (χ3n) is 4.13. The van der Waals surface area contributed by atoms with Crippen LogP contribution in [-0.4, -0.2) is 24.9 Å². The van der Waals surface area contributed by atoms with Gasteiger partial charge in [0.1, 0.15) is 0 Å². The maximum absolute atomic E-state index is 12.4. The molecule has 2 aromatic carbocycles. The second-order valence-electron chi connectivity index (χ2n) is 5.93. The van der Waals surface area contributed by atoms with Crippen molar-refractivity contribution >= 4 is 11.7 Å². The van der Waals surface area contributed by atoms with Crippen molar-refractivity contribution in [3.63, 3.8) is 0 Å². The minimum atomic E-state index is -0.269. The highest BCUT2D eigenvalue weighted by atomic mass is 16.5. The van der Waals surface area contributed by atoms with Gasteiger partial charge in [-0.15, -0.1) is 0 Å². The fourth-order valence-corrected chi connectivity index (χ4v) is 2.63. The van der Waals surface area contributed by atoms with E-state index in [0.717, 1.165) is 11.1 Å². The normalized spacial score (nSPS) is 13.1. The topological polar surface area (TPSA) is 70.6 Å². The number of rotatable bonds is 8. The predicted molar refractivity (Wildman–Crippen MR) is 99.5 cm³/mol. The van der Waals surface area contributed by atoms with Crippen molar-refractivity contribution in [2.24, 2.45) is 0 Å². The molecule has 0 aliphatic heterocycles. The maximum Gasteiger partial charge on any atom is 0.319 e. The molecule has 0 aliphatic carbocycles. The molecule has 25 heavy (non-hydrogen) atoms. The Hall–Kier alpha value is -2.37. The largest absolute Gasteiger partial charge is 0.396 e. The second kappa shape index (κ2) is 9.81. The summed E-state index contributed by atoms with van der Waals surface area (Å²) in [6, 6.07) is 17.0. The molecule has 2 aromatic rings. The lowest BCUT2D eigenvalue weighted by Crippen LogP contribution is -2.32. The Balaban J connectivity index is 2.03. The molecule has 2 rings (SSSR count). The molecule has 134 valence electrons. The number of amides is 2. The van der Waals surface area contributed by atoms with E-state index in [1.165, 1.54) is 0 Å². The van der Waals surface area contributed by atoms with Crippen molar-refractivity contribution in [2.45, 2.75) is 31.9 Å². The smallest absolute Gasteiger partial charge is 0.319 e. The molecule has 5 heteroatoms. The van der Waals surface area contributed by atoms with Gasteiger partial charge in [0.05, 0.1) is 12.1 Å². The van der Waals surface area contributed by atoms with Crippen LogP contribution in [0.1, 0.15) is 43.0 Å². The number of aliphatic hydroxyl groups is 1. The molecule has 0 aromatic heterocycles. The van der Waals surface area contributed by atoms with Gasteiger partial charge >= 0.3 is 6.03 Å². The average molecular weight is 342 g/mol. The van der Waals surface area contributed by atoms with Crippen LogP contribution in [0.2, 0.25) is 0 Å². The Morgan fingerprint density at radius 2 is 1.84 bits per heavy atom. The summed E-state index contributed by atoms with van der Waals surface area (Å²) in [6.07, 6.45) is 1.27. The Morgan fingerprint density at radius 3 is 2.52 bits per heavy atom. The van der Waals surface area contributed by atoms with Crippen LogP contribution < -0.4 is 10.6 Å². The number of anilines is 1. The number of benzene rings is 2. The van der Waals surface area contributed by atoms with Crippen LogP contribution in [0.25, 0.3) is 0 Å². The molecule has 0 spiro atoms. The molecule has 0 unspecified atom stereocenters. The van der Waals surface area contributed by atoms with Crippen LogP contribution in [0.15, 0.2) is 54.6 Å². The summed E-state index contributed by atoms with van der Waals surface area (Å²) in [4.78, 5) is 12.4. The molecule has 3 N–H and O–H groups in total. The van der Waals surface area contributed by atoms with Gasteiger partial charge in [-0.3, -0.25) is 0 Å². The monoisotopic (exact) mass is 342 g/mol. The Labute approximate surface area is 149 Å². The minimum Gasteiger partial charge on any atom is -0.396 e. The van der Waals surface area contributed by atoms with Crippen LogP contribution in [0.4, 0.5) is 10.5 Å². The van der Waals surface area contributed by atoms with E-state index in [2.05, 4.69) is 10.6 Å².